The van der Waals surface area contributed by atoms with E-state index in [1.165, 1.54) is 0 Å². The van der Waals surface area contributed by atoms with Gasteiger partial charge in [0, 0.05) is 16.5 Å². The summed E-state index contributed by atoms with van der Waals surface area (Å²) in [6.45, 7) is 0. The van der Waals surface area contributed by atoms with Gasteiger partial charge in [0.25, 0.3) is 0 Å². The standard InChI is InChI=1S/C17H18ClOP/c18-14-8-3-9-15-20(19,16-10-4-1-5-11-16)17-12-6-2-7-13-17/h1-2,4-7,9-13,15H,3,8,14H2. The Morgan fingerprint density at radius 1 is 0.900 bits per heavy atom. The molecule has 20 heavy (non-hydrogen) atoms. The van der Waals surface area contributed by atoms with Crippen molar-refractivity contribution in [2.45, 2.75) is 12.8 Å². The molecule has 1 nitrogen and oxygen atoms in total. The quantitative estimate of drug-likeness (QED) is 0.435. The molecule has 0 atom stereocenters. The van der Waals surface area contributed by atoms with E-state index in [0.29, 0.717) is 5.88 Å². The number of benzene rings is 2. The summed E-state index contributed by atoms with van der Waals surface area (Å²) in [5.74, 6) is 2.50. The first-order valence-electron chi connectivity index (χ1n) is 6.72. The summed E-state index contributed by atoms with van der Waals surface area (Å²) in [4.78, 5) is 0. The molecule has 0 amide bonds. The van der Waals surface area contributed by atoms with Crippen molar-refractivity contribution in [1.82, 2.24) is 0 Å². The Hall–Kier alpha value is -1.30. The second-order valence-corrected chi connectivity index (χ2v) is 7.57. The van der Waals surface area contributed by atoms with E-state index in [4.69, 9.17) is 11.6 Å². The molecule has 0 aromatic heterocycles. The first-order chi connectivity index (χ1) is 9.77. The lowest BCUT2D eigenvalue weighted by atomic mass is 10.3. The molecule has 0 aliphatic rings. The third-order valence-electron chi connectivity index (χ3n) is 3.10. The van der Waals surface area contributed by atoms with Crippen LogP contribution in [-0.4, -0.2) is 5.88 Å². The molecule has 0 saturated carbocycles. The Kier molecular flexibility index (Phi) is 5.64. The molecule has 3 heteroatoms. The predicted octanol–water partition coefficient (Wildman–Crippen LogP) is 4.53. The summed E-state index contributed by atoms with van der Waals surface area (Å²) in [5, 5.41) is 1.74. The van der Waals surface area contributed by atoms with Crippen LogP contribution in [0.25, 0.3) is 0 Å². The highest BCUT2D eigenvalue weighted by Crippen LogP contribution is 2.44. The zero-order valence-corrected chi connectivity index (χ0v) is 12.9. The van der Waals surface area contributed by atoms with Crippen molar-refractivity contribution in [3.8, 4) is 0 Å². The van der Waals surface area contributed by atoms with Gasteiger partial charge in [0.15, 0.2) is 7.14 Å². The highest BCUT2D eigenvalue weighted by Gasteiger charge is 2.23. The highest BCUT2D eigenvalue weighted by atomic mass is 35.5. The minimum absolute atomic E-state index is 0.630. The zero-order valence-electron chi connectivity index (χ0n) is 11.3. The van der Waals surface area contributed by atoms with Crippen LogP contribution in [0.4, 0.5) is 0 Å². The molecular weight excluding hydrogens is 287 g/mol. The summed E-state index contributed by atoms with van der Waals surface area (Å²) in [5.41, 5.74) is 0. The van der Waals surface area contributed by atoms with Crippen LogP contribution >= 0.6 is 18.7 Å². The molecule has 0 unspecified atom stereocenters. The Morgan fingerprint density at radius 3 is 1.85 bits per heavy atom. The van der Waals surface area contributed by atoms with Crippen LogP contribution in [0.3, 0.4) is 0 Å². The van der Waals surface area contributed by atoms with Crippen LogP contribution in [0.1, 0.15) is 12.8 Å². The van der Waals surface area contributed by atoms with Crippen molar-refractivity contribution in [3.63, 3.8) is 0 Å². The van der Waals surface area contributed by atoms with E-state index in [0.717, 1.165) is 23.5 Å². The minimum atomic E-state index is -2.69. The molecule has 0 aliphatic heterocycles. The van der Waals surface area contributed by atoms with Gasteiger partial charge >= 0.3 is 0 Å². The number of halogens is 1. The van der Waals surface area contributed by atoms with Gasteiger partial charge in [-0.1, -0.05) is 66.7 Å². The average Bonchev–Trinajstić information content (AvgIpc) is 2.53. The van der Waals surface area contributed by atoms with E-state index in [1.54, 1.807) is 0 Å². The molecule has 0 heterocycles. The van der Waals surface area contributed by atoms with E-state index in [2.05, 4.69) is 0 Å². The van der Waals surface area contributed by atoms with E-state index in [1.807, 2.05) is 72.6 Å². The van der Waals surface area contributed by atoms with Crippen LogP contribution in [-0.2, 0) is 4.57 Å². The smallest absolute Gasteiger partial charge is 0.163 e. The third kappa shape index (κ3) is 3.62. The molecule has 0 N–H and O–H groups in total. The number of hydrogen-bond acceptors (Lipinski definition) is 1. The Balaban J connectivity index is 2.39. The zero-order chi connectivity index (χ0) is 14.3. The summed E-state index contributed by atoms with van der Waals surface area (Å²) in [7, 11) is -2.69. The van der Waals surface area contributed by atoms with Gasteiger partial charge in [-0.3, -0.25) is 0 Å². The lowest BCUT2D eigenvalue weighted by Crippen LogP contribution is -2.13. The molecule has 104 valence electrons. The van der Waals surface area contributed by atoms with Crippen molar-refractivity contribution < 1.29 is 4.57 Å². The maximum atomic E-state index is 13.5. The molecule has 0 aliphatic carbocycles. The normalized spacial score (nSPS) is 11.8. The fourth-order valence-electron chi connectivity index (χ4n) is 2.04. The molecule has 0 radical (unpaired) electrons. The number of hydrogen-bond donors (Lipinski definition) is 0. The van der Waals surface area contributed by atoms with Gasteiger partial charge in [0.2, 0.25) is 0 Å². The van der Waals surface area contributed by atoms with E-state index >= 15 is 0 Å². The van der Waals surface area contributed by atoms with E-state index < -0.39 is 7.14 Å². The summed E-state index contributed by atoms with van der Waals surface area (Å²) in [6, 6.07) is 19.3. The van der Waals surface area contributed by atoms with Crippen LogP contribution in [0.5, 0.6) is 0 Å². The lowest BCUT2D eigenvalue weighted by Gasteiger charge is -2.15. The number of unbranched alkanes of at least 4 members (excludes halogenated alkanes) is 1. The molecule has 0 fully saturated rings. The van der Waals surface area contributed by atoms with E-state index in [9.17, 15) is 4.57 Å². The Bertz CT molecular complexity index is 549. The molecule has 0 saturated heterocycles. The monoisotopic (exact) mass is 304 g/mol. The Labute approximate surface area is 125 Å². The van der Waals surface area contributed by atoms with Crippen molar-refractivity contribution in [2.24, 2.45) is 0 Å². The molecular formula is C17H18ClOP. The van der Waals surface area contributed by atoms with Gasteiger partial charge in [-0.05, 0) is 18.7 Å². The number of allylic oxidation sites excluding steroid dienone is 1. The fourth-order valence-corrected chi connectivity index (χ4v) is 4.51. The van der Waals surface area contributed by atoms with Gasteiger partial charge in [0.05, 0.1) is 0 Å². The average molecular weight is 305 g/mol. The maximum Gasteiger partial charge on any atom is 0.163 e. The van der Waals surface area contributed by atoms with E-state index in [-0.39, 0.29) is 0 Å². The van der Waals surface area contributed by atoms with Gasteiger partial charge in [-0.2, -0.15) is 0 Å². The highest BCUT2D eigenvalue weighted by molar-refractivity contribution is 7.81. The molecule has 2 rings (SSSR count). The summed E-state index contributed by atoms with van der Waals surface area (Å²) < 4.78 is 13.5. The van der Waals surface area contributed by atoms with Gasteiger partial charge in [-0.15, -0.1) is 11.6 Å². The summed E-state index contributed by atoms with van der Waals surface area (Å²) >= 11 is 5.68. The third-order valence-corrected chi connectivity index (χ3v) is 6.13. The molecule has 2 aromatic carbocycles. The minimum Gasteiger partial charge on any atom is -0.309 e. The number of rotatable bonds is 6. The SMILES string of the molecule is O=P(C=CCCCCl)(c1ccccc1)c1ccccc1. The second kappa shape index (κ2) is 7.47. The molecule has 0 bridgehead atoms. The van der Waals surface area contributed by atoms with Gasteiger partial charge in [0.1, 0.15) is 0 Å². The first kappa shape index (κ1) is 15.1. The lowest BCUT2D eigenvalue weighted by molar-refractivity contribution is 0.592. The number of alkyl halides is 1. The van der Waals surface area contributed by atoms with Gasteiger partial charge < -0.3 is 4.57 Å². The van der Waals surface area contributed by atoms with Crippen LogP contribution in [0.15, 0.2) is 72.6 Å². The van der Waals surface area contributed by atoms with Crippen molar-refractivity contribution in [3.05, 3.63) is 72.6 Å². The van der Waals surface area contributed by atoms with Gasteiger partial charge in [-0.25, -0.2) is 0 Å². The Morgan fingerprint density at radius 2 is 1.40 bits per heavy atom. The maximum absolute atomic E-state index is 13.5. The van der Waals surface area contributed by atoms with Crippen molar-refractivity contribution in [2.75, 3.05) is 5.88 Å². The molecule has 0 spiro atoms. The first-order valence-corrected chi connectivity index (χ1v) is 9.03. The van der Waals surface area contributed by atoms with Crippen LogP contribution in [0.2, 0.25) is 0 Å². The van der Waals surface area contributed by atoms with Crippen molar-refractivity contribution >= 4 is 29.4 Å². The predicted molar refractivity (Wildman–Crippen MR) is 88.9 cm³/mol. The second-order valence-electron chi connectivity index (χ2n) is 4.55. The summed E-state index contributed by atoms with van der Waals surface area (Å²) in [6.07, 6.45) is 3.75. The van der Waals surface area contributed by atoms with Crippen molar-refractivity contribution in [1.29, 1.82) is 0 Å². The molecule has 2 aromatic rings. The largest absolute Gasteiger partial charge is 0.309 e. The fraction of sp³-hybridized carbons (Fsp3) is 0.176. The topological polar surface area (TPSA) is 17.1 Å². The van der Waals surface area contributed by atoms with Crippen LogP contribution in [0, 0.1) is 0 Å². The van der Waals surface area contributed by atoms with Crippen LogP contribution < -0.4 is 10.6 Å².